The summed E-state index contributed by atoms with van der Waals surface area (Å²) in [6, 6.07) is 1.56. The van der Waals surface area contributed by atoms with Crippen LogP contribution in [0.3, 0.4) is 0 Å². The first kappa shape index (κ1) is 16.1. The fraction of sp³-hybridized carbons (Fsp3) is 0.385. The van der Waals surface area contributed by atoms with Crippen LogP contribution in [0, 0.1) is 11.8 Å². The summed E-state index contributed by atoms with van der Waals surface area (Å²) in [4.78, 5) is 15.9. The Labute approximate surface area is 118 Å². The van der Waals surface area contributed by atoms with Crippen molar-refractivity contribution in [2.24, 2.45) is 5.73 Å². The molecule has 0 aliphatic carbocycles. The molecule has 0 aromatic carbocycles. The molecule has 7 heteroatoms. The fourth-order valence-corrected chi connectivity index (χ4v) is 2.14. The molecule has 0 unspecified atom stereocenters. The number of hydrogen-bond acceptors (Lipinski definition) is 5. The van der Waals surface area contributed by atoms with Crippen molar-refractivity contribution in [2.75, 3.05) is 25.1 Å². The quantitative estimate of drug-likeness (QED) is 0.566. The third kappa shape index (κ3) is 5.82. The van der Waals surface area contributed by atoms with Gasteiger partial charge in [-0.25, -0.2) is 8.42 Å². The van der Waals surface area contributed by atoms with E-state index in [0.29, 0.717) is 17.5 Å². The highest BCUT2D eigenvalue weighted by molar-refractivity contribution is 7.90. The first-order valence-corrected chi connectivity index (χ1v) is 8.09. The number of nitrogens with two attached hydrogens (primary N) is 1. The van der Waals surface area contributed by atoms with Crippen LogP contribution in [-0.4, -0.2) is 44.4 Å². The van der Waals surface area contributed by atoms with E-state index in [-0.39, 0.29) is 24.7 Å². The molecule has 1 aromatic rings. The van der Waals surface area contributed by atoms with E-state index in [1.807, 2.05) is 0 Å². The molecular weight excluding hydrogens is 278 g/mol. The number of amides is 1. The Balaban J connectivity index is 2.64. The lowest BCUT2D eigenvalue weighted by molar-refractivity contribution is 0.0953. The summed E-state index contributed by atoms with van der Waals surface area (Å²) >= 11 is 0. The maximum Gasteiger partial charge on any atom is 0.252 e. The number of carbonyl (C=O) groups excluding carboxylic acids is 1. The topological polar surface area (TPSA) is 102 Å². The van der Waals surface area contributed by atoms with Crippen LogP contribution in [0.2, 0.25) is 0 Å². The molecule has 0 bridgehead atoms. The molecule has 0 saturated heterocycles. The Morgan fingerprint density at radius 2 is 2.25 bits per heavy atom. The summed E-state index contributed by atoms with van der Waals surface area (Å²) in [5.74, 6) is 5.18. The SMILES string of the molecule is CS(=O)(=O)CCCNC(=O)c1ccncc1C#CCN. The van der Waals surface area contributed by atoms with Gasteiger partial charge in [0.1, 0.15) is 9.84 Å². The molecule has 0 radical (unpaired) electrons. The monoisotopic (exact) mass is 295 g/mol. The zero-order valence-corrected chi connectivity index (χ0v) is 12.0. The highest BCUT2D eigenvalue weighted by Crippen LogP contribution is 2.05. The van der Waals surface area contributed by atoms with Crippen LogP contribution in [-0.2, 0) is 9.84 Å². The molecular formula is C13H17N3O3S. The first-order valence-electron chi connectivity index (χ1n) is 6.03. The van der Waals surface area contributed by atoms with Crippen molar-refractivity contribution < 1.29 is 13.2 Å². The van der Waals surface area contributed by atoms with Crippen molar-refractivity contribution in [1.29, 1.82) is 0 Å². The third-order valence-corrected chi connectivity index (χ3v) is 3.40. The number of carbonyl (C=O) groups is 1. The van der Waals surface area contributed by atoms with Crippen LogP contribution >= 0.6 is 0 Å². The van der Waals surface area contributed by atoms with Gasteiger partial charge in [-0.3, -0.25) is 9.78 Å². The normalized spacial score (nSPS) is 10.5. The van der Waals surface area contributed by atoms with Crippen molar-refractivity contribution in [1.82, 2.24) is 10.3 Å². The van der Waals surface area contributed by atoms with Gasteiger partial charge in [0.15, 0.2) is 0 Å². The van der Waals surface area contributed by atoms with Crippen LogP contribution < -0.4 is 11.1 Å². The second kappa shape index (κ2) is 7.62. The van der Waals surface area contributed by atoms with Gasteiger partial charge in [0.25, 0.3) is 5.91 Å². The summed E-state index contributed by atoms with van der Waals surface area (Å²) in [5, 5.41) is 2.66. The zero-order chi connectivity index (χ0) is 15.0. The summed E-state index contributed by atoms with van der Waals surface area (Å²) in [5.41, 5.74) is 6.19. The molecule has 1 heterocycles. The van der Waals surface area contributed by atoms with Crippen molar-refractivity contribution in [2.45, 2.75) is 6.42 Å². The predicted molar refractivity (Wildman–Crippen MR) is 76.8 cm³/mol. The van der Waals surface area contributed by atoms with Crippen LogP contribution in [0.5, 0.6) is 0 Å². The minimum absolute atomic E-state index is 0.0451. The second-order valence-electron chi connectivity index (χ2n) is 4.17. The lowest BCUT2D eigenvalue weighted by Gasteiger charge is -2.06. The van der Waals surface area contributed by atoms with Gasteiger partial charge in [0, 0.05) is 25.2 Å². The van der Waals surface area contributed by atoms with Crippen molar-refractivity contribution in [3.8, 4) is 11.8 Å². The Hall–Kier alpha value is -1.91. The molecule has 0 fully saturated rings. The summed E-state index contributed by atoms with van der Waals surface area (Å²) in [7, 11) is -3.00. The maximum absolute atomic E-state index is 12.0. The van der Waals surface area contributed by atoms with Gasteiger partial charge < -0.3 is 11.1 Å². The van der Waals surface area contributed by atoms with Crippen molar-refractivity contribution in [3.05, 3.63) is 29.6 Å². The van der Waals surface area contributed by atoms with E-state index in [1.54, 1.807) is 6.07 Å². The van der Waals surface area contributed by atoms with Gasteiger partial charge in [-0.15, -0.1) is 0 Å². The average molecular weight is 295 g/mol. The minimum Gasteiger partial charge on any atom is -0.352 e. The number of nitrogens with one attached hydrogen (secondary N) is 1. The number of rotatable bonds is 5. The van der Waals surface area contributed by atoms with E-state index >= 15 is 0 Å². The van der Waals surface area contributed by atoms with Gasteiger partial charge >= 0.3 is 0 Å². The Morgan fingerprint density at radius 1 is 1.50 bits per heavy atom. The standard InChI is InChI=1S/C13H17N3O3S/c1-20(18,19)9-3-7-16-13(17)12-5-8-15-10-11(12)4-2-6-14/h5,8,10H,3,6-7,9,14H2,1H3,(H,16,17). The predicted octanol–water partition coefficient (Wildman–Crippen LogP) is -0.444. The van der Waals surface area contributed by atoms with Crippen LogP contribution in [0.25, 0.3) is 0 Å². The maximum atomic E-state index is 12.0. The van der Waals surface area contributed by atoms with Crippen molar-refractivity contribution >= 4 is 15.7 Å². The lowest BCUT2D eigenvalue weighted by Crippen LogP contribution is -2.26. The lowest BCUT2D eigenvalue weighted by atomic mass is 10.1. The van der Waals surface area contributed by atoms with Crippen LogP contribution in [0.4, 0.5) is 0 Å². The van der Waals surface area contributed by atoms with E-state index in [2.05, 4.69) is 22.1 Å². The molecule has 6 nitrogen and oxygen atoms in total. The molecule has 1 amide bonds. The van der Waals surface area contributed by atoms with E-state index in [4.69, 9.17) is 5.73 Å². The first-order chi connectivity index (χ1) is 9.44. The Morgan fingerprint density at radius 3 is 2.90 bits per heavy atom. The minimum atomic E-state index is -3.00. The number of nitrogens with zero attached hydrogens (tertiary/aromatic N) is 1. The van der Waals surface area contributed by atoms with Gasteiger partial charge in [-0.05, 0) is 12.5 Å². The zero-order valence-electron chi connectivity index (χ0n) is 11.2. The van der Waals surface area contributed by atoms with E-state index in [1.165, 1.54) is 12.4 Å². The molecule has 0 aliphatic heterocycles. The van der Waals surface area contributed by atoms with Gasteiger partial charge in [-0.1, -0.05) is 11.8 Å². The molecule has 3 N–H and O–H groups in total. The molecule has 1 aromatic heterocycles. The van der Waals surface area contributed by atoms with Gasteiger partial charge in [-0.2, -0.15) is 0 Å². The molecule has 108 valence electrons. The van der Waals surface area contributed by atoms with Crippen molar-refractivity contribution in [3.63, 3.8) is 0 Å². The van der Waals surface area contributed by atoms with Crippen LogP contribution in [0.1, 0.15) is 22.3 Å². The second-order valence-corrected chi connectivity index (χ2v) is 6.43. The van der Waals surface area contributed by atoms with Gasteiger partial charge in [0.05, 0.1) is 23.4 Å². The van der Waals surface area contributed by atoms with Crippen LogP contribution in [0.15, 0.2) is 18.5 Å². The highest BCUT2D eigenvalue weighted by Gasteiger charge is 2.10. The Kier molecular flexibility index (Phi) is 6.15. The molecule has 20 heavy (non-hydrogen) atoms. The fourth-order valence-electron chi connectivity index (χ4n) is 1.47. The number of sulfone groups is 1. The molecule has 0 aliphatic rings. The molecule has 0 atom stereocenters. The molecule has 1 rings (SSSR count). The molecule has 0 saturated carbocycles. The smallest absolute Gasteiger partial charge is 0.252 e. The molecule has 0 spiro atoms. The third-order valence-electron chi connectivity index (χ3n) is 2.37. The Bertz CT molecular complexity index is 630. The van der Waals surface area contributed by atoms with Gasteiger partial charge in [0.2, 0.25) is 0 Å². The summed E-state index contributed by atoms with van der Waals surface area (Å²) in [6.07, 6.45) is 4.53. The summed E-state index contributed by atoms with van der Waals surface area (Å²) in [6.45, 7) is 0.488. The number of hydrogen-bond donors (Lipinski definition) is 2. The van der Waals surface area contributed by atoms with E-state index in [9.17, 15) is 13.2 Å². The largest absolute Gasteiger partial charge is 0.352 e. The highest BCUT2D eigenvalue weighted by atomic mass is 32.2. The number of aromatic nitrogens is 1. The van der Waals surface area contributed by atoms with E-state index in [0.717, 1.165) is 6.26 Å². The average Bonchev–Trinajstić information content (AvgIpc) is 2.40. The number of pyridine rings is 1. The summed E-state index contributed by atoms with van der Waals surface area (Å²) < 4.78 is 21.9. The van der Waals surface area contributed by atoms with E-state index < -0.39 is 9.84 Å².